The monoisotopic (exact) mass is 241 g/mol. The molecule has 0 spiro atoms. The third-order valence-corrected chi connectivity index (χ3v) is 2.64. The van der Waals surface area contributed by atoms with Gasteiger partial charge in [-0.1, -0.05) is 35.9 Å². The molecule has 0 N–H and O–H groups in total. The number of hydrogen-bond donors (Lipinski definition) is 0. The number of nitriles is 1. The van der Waals surface area contributed by atoms with E-state index in [4.69, 9.17) is 16.9 Å². The van der Waals surface area contributed by atoms with Gasteiger partial charge in [0.25, 0.3) is 0 Å². The summed E-state index contributed by atoms with van der Waals surface area (Å²) >= 11 is 5.93. The first-order chi connectivity index (χ1) is 8.24. The molecule has 2 aromatic rings. The van der Waals surface area contributed by atoms with Crippen LogP contribution in [0.2, 0.25) is 5.02 Å². The highest BCUT2D eigenvalue weighted by atomic mass is 35.5. The van der Waals surface area contributed by atoms with Crippen LogP contribution < -0.4 is 0 Å². The molecule has 0 bridgehead atoms. The fraction of sp³-hybridized carbons (Fsp3) is 0. The third kappa shape index (κ3) is 2.35. The summed E-state index contributed by atoms with van der Waals surface area (Å²) in [7, 11) is 0. The minimum atomic E-state index is 0.480. The molecule has 2 nitrogen and oxygen atoms in total. The topological polar surface area (TPSA) is 40.9 Å². The van der Waals surface area contributed by atoms with E-state index in [2.05, 4.69) is 0 Å². The summed E-state index contributed by atoms with van der Waals surface area (Å²) in [5, 5.41) is 9.37. The van der Waals surface area contributed by atoms with Crippen molar-refractivity contribution < 1.29 is 4.79 Å². The molecule has 0 aliphatic rings. The quantitative estimate of drug-likeness (QED) is 0.753. The Labute approximate surface area is 104 Å². The van der Waals surface area contributed by atoms with Gasteiger partial charge in [-0.2, -0.15) is 5.26 Å². The van der Waals surface area contributed by atoms with E-state index in [0.29, 0.717) is 16.1 Å². The molecule has 0 aliphatic heterocycles. The van der Waals surface area contributed by atoms with E-state index in [1.54, 1.807) is 30.3 Å². The highest BCUT2D eigenvalue weighted by molar-refractivity contribution is 6.31. The predicted octanol–water partition coefficient (Wildman–Crippen LogP) is 3.69. The van der Waals surface area contributed by atoms with Crippen LogP contribution in [0.5, 0.6) is 0 Å². The van der Waals surface area contributed by atoms with Crippen LogP contribution in [-0.4, -0.2) is 6.29 Å². The van der Waals surface area contributed by atoms with Gasteiger partial charge >= 0.3 is 0 Å². The Bertz CT molecular complexity index is 614. The lowest BCUT2D eigenvalue weighted by molar-refractivity contribution is 0.112. The van der Waals surface area contributed by atoms with E-state index in [0.717, 1.165) is 17.4 Å². The van der Waals surface area contributed by atoms with E-state index in [1.165, 1.54) is 0 Å². The van der Waals surface area contributed by atoms with Gasteiger partial charge in [-0.05, 0) is 29.3 Å². The Morgan fingerprint density at radius 3 is 2.65 bits per heavy atom. The predicted molar refractivity (Wildman–Crippen MR) is 67.0 cm³/mol. The summed E-state index contributed by atoms with van der Waals surface area (Å²) in [6, 6.07) is 14.3. The molecule has 0 saturated heterocycles. The van der Waals surface area contributed by atoms with Gasteiger partial charge in [-0.15, -0.1) is 0 Å². The first-order valence-corrected chi connectivity index (χ1v) is 5.37. The van der Waals surface area contributed by atoms with Gasteiger partial charge in [0.2, 0.25) is 0 Å². The maximum absolute atomic E-state index is 10.9. The summed E-state index contributed by atoms with van der Waals surface area (Å²) in [4.78, 5) is 10.9. The van der Waals surface area contributed by atoms with Crippen molar-refractivity contribution in [3.8, 4) is 17.2 Å². The molecule has 0 radical (unpaired) electrons. The van der Waals surface area contributed by atoms with Crippen molar-refractivity contribution in [1.82, 2.24) is 0 Å². The van der Waals surface area contributed by atoms with Gasteiger partial charge in [-0.3, -0.25) is 4.79 Å². The molecule has 2 rings (SSSR count). The third-order valence-electron chi connectivity index (χ3n) is 2.43. The molecule has 3 heteroatoms. The lowest BCUT2D eigenvalue weighted by Crippen LogP contribution is -1.88. The summed E-state index contributed by atoms with van der Waals surface area (Å²) in [5.41, 5.74) is 2.62. The van der Waals surface area contributed by atoms with Crippen molar-refractivity contribution in [2.24, 2.45) is 0 Å². The second-order valence-electron chi connectivity index (χ2n) is 3.55. The van der Waals surface area contributed by atoms with E-state index in [-0.39, 0.29) is 0 Å². The van der Waals surface area contributed by atoms with Gasteiger partial charge in [0.05, 0.1) is 11.6 Å². The number of hydrogen-bond acceptors (Lipinski definition) is 2. The second kappa shape index (κ2) is 4.82. The van der Waals surface area contributed by atoms with Crippen LogP contribution >= 0.6 is 11.6 Å². The highest BCUT2D eigenvalue weighted by Crippen LogP contribution is 2.26. The van der Waals surface area contributed by atoms with Crippen molar-refractivity contribution in [2.45, 2.75) is 0 Å². The first-order valence-electron chi connectivity index (χ1n) is 5.00. The van der Waals surface area contributed by atoms with Crippen molar-refractivity contribution >= 4 is 17.9 Å². The Kier molecular flexibility index (Phi) is 3.22. The van der Waals surface area contributed by atoms with Crippen LogP contribution in [0.25, 0.3) is 11.1 Å². The molecule has 0 atom stereocenters. The largest absolute Gasteiger partial charge is 0.298 e. The highest BCUT2D eigenvalue weighted by Gasteiger charge is 2.06. The van der Waals surface area contributed by atoms with Crippen molar-refractivity contribution in [3.05, 3.63) is 58.6 Å². The molecule has 17 heavy (non-hydrogen) atoms. The lowest BCUT2D eigenvalue weighted by atomic mass is 9.99. The number of carbonyl (C=O) groups excluding carboxylic acids is 1. The Balaban J connectivity index is 2.64. The molecule has 2 aromatic carbocycles. The second-order valence-corrected chi connectivity index (χ2v) is 3.98. The molecular formula is C14H8ClNO. The average Bonchev–Trinajstić information content (AvgIpc) is 2.37. The van der Waals surface area contributed by atoms with Crippen LogP contribution in [0.4, 0.5) is 0 Å². The maximum atomic E-state index is 10.9. The fourth-order valence-corrected chi connectivity index (χ4v) is 1.91. The molecule has 0 unspecified atom stereocenters. The standard InChI is InChI=1S/C14H8ClNO/c15-13-6-10(8-16)5-12(7-13)14-4-2-1-3-11(14)9-17/h1-7,9H. The van der Waals surface area contributed by atoms with Gasteiger partial charge in [0.15, 0.2) is 6.29 Å². The van der Waals surface area contributed by atoms with E-state index >= 15 is 0 Å². The Hall–Kier alpha value is -2.11. The first kappa shape index (κ1) is 11.4. The van der Waals surface area contributed by atoms with Crippen LogP contribution in [0.1, 0.15) is 15.9 Å². The van der Waals surface area contributed by atoms with Crippen LogP contribution in [0.3, 0.4) is 0 Å². The molecule has 0 amide bonds. The number of halogens is 1. The lowest BCUT2D eigenvalue weighted by Gasteiger charge is -2.05. The normalized spacial score (nSPS) is 9.65. The molecule has 0 aliphatic carbocycles. The van der Waals surface area contributed by atoms with Crippen molar-refractivity contribution in [1.29, 1.82) is 5.26 Å². The molecule has 0 heterocycles. The van der Waals surface area contributed by atoms with Gasteiger partial charge in [0, 0.05) is 10.6 Å². The molecule has 0 aromatic heterocycles. The Morgan fingerprint density at radius 2 is 1.94 bits per heavy atom. The number of aldehydes is 1. The van der Waals surface area contributed by atoms with Crippen molar-refractivity contribution in [2.75, 3.05) is 0 Å². The summed E-state index contributed by atoms with van der Waals surface area (Å²) in [6.07, 6.45) is 0.794. The van der Waals surface area contributed by atoms with E-state index in [1.807, 2.05) is 18.2 Å². The van der Waals surface area contributed by atoms with Crippen LogP contribution in [0.15, 0.2) is 42.5 Å². The zero-order chi connectivity index (χ0) is 12.3. The van der Waals surface area contributed by atoms with Gasteiger partial charge in [0.1, 0.15) is 0 Å². The number of carbonyl (C=O) groups is 1. The fourth-order valence-electron chi connectivity index (χ4n) is 1.67. The molecular weight excluding hydrogens is 234 g/mol. The molecule has 0 saturated carbocycles. The summed E-state index contributed by atoms with van der Waals surface area (Å²) in [6.45, 7) is 0. The SMILES string of the molecule is N#Cc1cc(Cl)cc(-c2ccccc2C=O)c1. The van der Waals surface area contributed by atoms with Gasteiger partial charge < -0.3 is 0 Å². The van der Waals surface area contributed by atoms with Crippen molar-refractivity contribution in [3.63, 3.8) is 0 Å². The minimum absolute atomic E-state index is 0.480. The van der Waals surface area contributed by atoms with Gasteiger partial charge in [-0.25, -0.2) is 0 Å². The number of nitrogens with zero attached hydrogens (tertiary/aromatic N) is 1. The minimum Gasteiger partial charge on any atom is -0.298 e. The maximum Gasteiger partial charge on any atom is 0.150 e. The summed E-state index contributed by atoms with van der Waals surface area (Å²) < 4.78 is 0. The Morgan fingerprint density at radius 1 is 1.18 bits per heavy atom. The van der Waals surface area contributed by atoms with Crippen LogP contribution in [-0.2, 0) is 0 Å². The van der Waals surface area contributed by atoms with E-state index < -0.39 is 0 Å². The number of benzene rings is 2. The zero-order valence-electron chi connectivity index (χ0n) is 8.85. The number of rotatable bonds is 2. The molecule has 82 valence electrons. The smallest absolute Gasteiger partial charge is 0.150 e. The zero-order valence-corrected chi connectivity index (χ0v) is 9.61. The average molecular weight is 242 g/mol. The summed E-state index contributed by atoms with van der Waals surface area (Å²) in [5.74, 6) is 0. The van der Waals surface area contributed by atoms with Crippen LogP contribution in [0, 0.1) is 11.3 Å². The molecule has 0 fully saturated rings. The van der Waals surface area contributed by atoms with E-state index in [9.17, 15) is 4.79 Å².